The molecule has 0 bridgehead atoms. The van der Waals surface area contributed by atoms with Crippen molar-refractivity contribution in [2.75, 3.05) is 58.7 Å². The van der Waals surface area contributed by atoms with Crippen molar-refractivity contribution in [2.45, 2.75) is 13.8 Å². The van der Waals surface area contributed by atoms with Gasteiger partial charge in [-0.3, -0.25) is 0 Å². The number of aryl methyl sites for hydroxylation is 1. The Labute approximate surface area is 145 Å². The van der Waals surface area contributed by atoms with Gasteiger partial charge in [-0.15, -0.1) is 0 Å². The lowest BCUT2D eigenvalue weighted by Crippen LogP contribution is -2.47. The van der Waals surface area contributed by atoms with Gasteiger partial charge in [0.25, 0.3) is 0 Å². The van der Waals surface area contributed by atoms with E-state index in [4.69, 9.17) is 4.74 Å². The van der Waals surface area contributed by atoms with Crippen LogP contribution in [0, 0.1) is 12.8 Å². The van der Waals surface area contributed by atoms with E-state index in [9.17, 15) is 4.79 Å². The van der Waals surface area contributed by atoms with Gasteiger partial charge in [0.2, 0.25) is 0 Å². The van der Waals surface area contributed by atoms with Crippen molar-refractivity contribution in [3.05, 3.63) is 23.8 Å². The van der Waals surface area contributed by atoms with Crippen LogP contribution in [0.1, 0.15) is 12.5 Å². The van der Waals surface area contributed by atoms with E-state index in [1.807, 2.05) is 25.1 Å². The number of carbonyl (C=O) groups is 1. The van der Waals surface area contributed by atoms with E-state index in [-0.39, 0.29) is 6.03 Å². The highest BCUT2D eigenvalue weighted by molar-refractivity contribution is 5.90. The molecular formula is C18H30N4O2. The molecule has 0 saturated carbocycles. The summed E-state index contributed by atoms with van der Waals surface area (Å²) >= 11 is 0. The van der Waals surface area contributed by atoms with Crippen molar-refractivity contribution in [3.8, 4) is 5.75 Å². The summed E-state index contributed by atoms with van der Waals surface area (Å²) < 4.78 is 5.18. The average Bonchev–Trinajstić information content (AvgIpc) is 2.57. The van der Waals surface area contributed by atoms with Gasteiger partial charge in [0.1, 0.15) is 5.75 Å². The molecular weight excluding hydrogens is 304 g/mol. The molecule has 1 saturated heterocycles. The van der Waals surface area contributed by atoms with Crippen molar-refractivity contribution in [1.82, 2.24) is 15.1 Å². The maximum Gasteiger partial charge on any atom is 0.319 e. The Kier molecular flexibility index (Phi) is 6.87. The second-order valence-corrected chi connectivity index (χ2v) is 6.72. The summed E-state index contributed by atoms with van der Waals surface area (Å²) in [6.45, 7) is 10.3. The fourth-order valence-corrected chi connectivity index (χ4v) is 2.87. The smallest absolute Gasteiger partial charge is 0.319 e. The minimum atomic E-state index is -0.159. The van der Waals surface area contributed by atoms with Crippen LogP contribution in [-0.4, -0.2) is 69.3 Å². The van der Waals surface area contributed by atoms with Gasteiger partial charge in [-0.25, -0.2) is 4.79 Å². The average molecular weight is 334 g/mol. The molecule has 0 aliphatic carbocycles. The minimum absolute atomic E-state index is 0.159. The van der Waals surface area contributed by atoms with E-state index >= 15 is 0 Å². The van der Waals surface area contributed by atoms with Gasteiger partial charge in [0.15, 0.2) is 0 Å². The number of carbonyl (C=O) groups excluding carboxylic acids is 1. The van der Waals surface area contributed by atoms with Crippen LogP contribution in [0.3, 0.4) is 0 Å². The molecule has 1 aromatic carbocycles. The highest BCUT2D eigenvalue weighted by atomic mass is 16.5. The summed E-state index contributed by atoms with van der Waals surface area (Å²) in [4.78, 5) is 16.9. The van der Waals surface area contributed by atoms with E-state index in [0.717, 1.165) is 49.7 Å². The lowest BCUT2D eigenvalue weighted by atomic mass is 10.1. The fourth-order valence-electron chi connectivity index (χ4n) is 2.87. The number of methoxy groups -OCH3 is 1. The molecule has 0 aromatic heterocycles. The largest absolute Gasteiger partial charge is 0.497 e. The number of anilines is 1. The molecule has 0 spiro atoms. The molecule has 134 valence electrons. The molecule has 1 fully saturated rings. The standard InChI is InChI=1S/C18H30N4O2/c1-14(13-22-9-7-21(3)8-10-22)12-19-18(23)20-17-6-5-16(24-4)11-15(17)2/h5-6,11,14H,7-10,12-13H2,1-4H3,(H2,19,20,23). The predicted octanol–water partition coefficient (Wildman–Crippen LogP) is 2.01. The first-order valence-corrected chi connectivity index (χ1v) is 8.58. The summed E-state index contributed by atoms with van der Waals surface area (Å²) in [6, 6.07) is 5.46. The number of amides is 2. The number of piperazine rings is 1. The first-order chi connectivity index (χ1) is 11.5. The summed E-state index contributed by atoms with van der Waals surface area (Å²) in [6.07, 6.45) is 0. The van der Waals surface area contributed by atoms with E-state index in [0.29, 0.717) is 12.5 Å². The van der Waals surface area contributed by atoms with Gasteiger partial charge in [-0.2, -0.15) is 0 Å². The Morgan fingerprint density at radius 2 is 2.00 bits per heavy atom. The van der Waals surface area contributed by atoms with Crippen LogP contribution in [0.4, 0.5) is 10.5 Å². The third kappa shape index (κ3) is 5.69. The zero-order chi connectivity index (χ0) is 17.5. The van der Waals surface area contributed by atoms with Crippen molar-refractivity contribution in [3.63, 3.8) is 0 Å². The number of hydrogen-bond acceptors (Lipinski definition) is 4. The molecule has 2 amide bonds. The zero-order valence-corrected chi connectivity index (χ0v) is 15.3. The maximum atomic E-state index is 12.1. The SMILES string of the molecule is COc1ccc(NC(=O)NCC(C)CN2CCN(C)CC2)c(C)c1. The summed E-state index contributed by atoms with van der Waals surface area (Å²) in [7, 11) is 3.80. The maximum absolute atomic E-state index is 12.1. The predicted molar refractivity (Wildman–Crippen MR) is 97.9 cm³/mol. The lowest BCUT2D eigenvalue weighted by Gasteiger charge is -2.33. The first-order valence-electron chi connectivity index (χ1n) is 8.58. The van der Waals surface area contributed by atoms with Crippen LogP contribution in [0.25, 0.3) is 0 Å². The summed E-state index contributed by atoms with van der Waals surface area (Å²) in [5.41, 5.74) is 1.79. The van der Waals surface area contributed by atoms with Gasteiger partial charge in [-0.05, 0) is 43.7 Å². The van der Waals surface area contributed by atoms with Crippen LogP contribution in [0.2, 0.25) is 0 Å². The van der Waals surface area contributed by atoms with Crippen LogP contribution in [0.15, 0.2) is 18.2 Å². The minimum Gasteiger partial charge on any atom is -0.497 e. The number of rotatable bonds is 6. The summed E-state index contributed by atoms with van der Waals surface area (Å²) in [5, 5.41) is 5.87. The molecule has 2 N–H and O–H groups in total. The van der Waals surface area contributed by atoms with E-state index in [1.165, 1.54) is 0 Å². The van der Waals surface area contributed by atoms with Gasteiger partial charge in [-0.1, -0.05) is 6.92 Å². The molecule has 1 unspecified atom stereocenters. The number of benzene rings is 1. The van der Waals surface area contributed by atoms with Crippen LogP contribution in [-0.2, 0) is 0 Å². The zero-order valence-electron chi connectivity index (χ0n) is 15.3. The van der Waals surface area contributed by atoms with Gasteiger partial charge < -0.3 is 25.2 Å². The highest BCUT2D eigenvalue weighted by Crippen LogP contribution is 2.20. The van der Waals surface area contributed by atoms with Crippen molar-refractivity contribution < 1.29 is 9.53 Å². The molecule has 6 heteroatoms. The van der Waals surface area contributed by atoms with Crippen LogP contribution < -0.4 is 15.4 Å². The lowest BCUT2D eigenvalue weighted by molar-refractivity contribution is 0.138. The monoisotopic (exact) mass is 334 g/mol. The van der Waals surface area contributed by atoms with E-state index in [2.05, 4.69) is 34.4 Å². The number of urea groups is 1. The van der Waals surface area contributed by atoms with Gasteiger partial charge >= 0.3 is 6.03 Å². The molecule has 1 aromatic rings. The highest BCUT2D eigenvalue weighted by Gasteiger charge is 2.16. The normalized spacial score (nSPS) is 17.3. The second kappa shape index (κ2) is 8.89. The Morgan fingerprint density at radius 3 is 2.62 bits per heavy atom. The van der Waals surface area contributed by atoms with Crippen molar-refractivity contribution in [2.24, 2.45) is 5.92 Å². The Balaban J connectivity index is 1.72. The molecule has 2 rings (SSSR count). The third-order valence-electron chi connectivity index (χ3n) is 4.46. The van der Waals surface area contributed by atoms with Crippen LogP contribution >= 0.6 is 0 Å². The molecule has 1 atom stereocenters. The van der Waals surface area contributed by atoms with Gasteiger partial charge in [0, 0.05) is 45.0 Å². The number of ether oxygens (including phenoxy) is 1. The second-order valence-electron chi connectivity index (χ2n) is 6.72. The van der Waals surface area contributed by atoms with E-state index < -0.39 is 0 Å². The molecule has 1 heterocycles. The summed E-state index contributed by atoms with van der Waals surface area (Å²) in [5.74, 6) is 1.22. The third-order valence-corrected chi connectivity index (χ3v) is 4.46. The van der Waals surface area contributed by atoms with Crippen molar-refractivity contribution >= 4 is 11.7 Å². The number of hydrogen-bond donors (Lipinski definition) is 2. The number of nitrogens with zero attached hydrogens (tertiary/aromatic N) is 2. The van der Waals surface area contributed by atoms with Gasteiger partial charge in [0.05, 0.1) is 7.11 Å². The Morgan fingerprint density at radius 1 is 1.29 bits per heavy atom. The number of nitrogens with one attached hydrogen (secondary N) is 2. The van der Waals surface area contributed by atoms with Crippen LogP contribution in [0.5, 0.6) is 5.75 Å². The molecule has 24 heavy (non-hydrogen) atoms. The first kappa shape index (κ1) is 18.5. The molecule has 1 aliphatic rings. The topological polar surface area (TPSA) is 56.8 Å². The quantitative estimate of drug-likeness (QED) is 0.836. The fraction of sp³-hybridized carbons (Fsp3) is 0.611. The molecule has 0 radical (unpaired) electrons. The van der Waals surface area contributed by atoms with Crippen molar-refractivity contribution in [1.29, 1.82) is 0 Å². The molecule has 6 nitrogen and oxygen atoms in total. The number of likely N-dealkylation sites (N-methyl/N-ethyl adjacent to an activating group) is 1. The van der Waals surface area contributed by atoms with E-state index in [1.54, 1.807) is 7.11 Å². The Hall–Kier alpha value is -1.79. The molecule has 1 aliphatic heterocycles. The Bertz CT molecular complexity index is 542.